The molecule has 0 bridgehead atoms. The Morgan fingerprint density at radius 1 is 1.05 bits per heavy atom. The largest absolute Gasteiger partial charge is 0.457 e. The molecule has 0 saturated carbocycles. The predicted molar refractivity (Wildman–Crippen MR) is 132 cm³/mol. The average molecular weight is 563 g/mol. The molecule has 12 heteroatoms. The van der Waals surface area contributed by atoms with Crippen molar-refractivity contribution in [3.8, 4) is 11.5 Å². The number of hydrogen-bond acceptors (Lipinski definition) is 6. The van der Waals surface area contributed by atoms with Crippen molar-refractivity contribution in [3.05, 3.63) is 83.9 Å². The summed E-state index contributed by atoms with van der Waals surface area (Å²) in [6.07, 6.45) is -2.26. The highest BCUT2D eigenvalue weighted by Crippen LogP contribution is 2.33. The molecule has 204 valence electrons. The predicted octanol–water partition coefficient (Wildman–Crippen LogP) is 6.13. The van der Waals surface area contributed by atoms with E-state index in [-0.39, 0.29) is 35.2 Å². The second-order valence-corrected chi connectivity index (χ2v) is 10.9. The van der Waals surface area contributed by atoms with Crippen molar-refractivity contribution in [1.82, 2.24) is 9.29 Å². The number of aromatic nitrogens is 1. The monoisotopic (exact) mass is 562 g/mol. The van der Waals surface area contributed by atoms with Crippen LogP contribution in [0.1, 0.15) is 30.5 Å². The molecule has 0 N–H and O–H groups in total. The van der Waals surface area contributed by atoms with Gasteiger partial charge in [-0.25, -0.2) is 12.8 Å². The summed E-state index contributed by atoms with van der Waals surface area (Å²) in [7, 11) is -4.11. The van der Waals surface area contributed by atoms with Gasteiger partial charge in [0, 0.05) is 36.7 Å². The molecule has 1 saturated heterocycles. The number of halogens is 4. The molecule has 1 atom stereocenters. The molecule has 0 radical (unpaired) electrons. The zero-order valence-electron chi connectivity index (χ0n) is 20.3. The summed E-state index contributed by atoms with van der Waals surface area (Å²) in [5, 5.41) is -0.0252. The number of alkyl halides is 3. The summed E-state index contributed by atoms with van der Waals surface area (Å²) in [6, 6.07) is 12.8. The van der Waals surface area contributed by atoms with E-state index in [0.717, 1.165) is 22.1 Å². The number of ketones is 1. The van der Waals surface area contributed by atoms with Gasteiger partial charge in [0.2, 0.25) is 5.09 Å². The number of ether oxygens (including phenoxy) is 1. The van der Waals surface area contributed by atoms with Crippen molar-refractivity contribution in [2.24, 2.45) is 0 Å². The average Bonchev–Trinajstić information content (AvgIpc) is 3.56. The Balaban J connectivity index is 1.22. The molecule has 0 unspecified atom stereocenters. The van der Waals surface area contributed by atoms with E-state index in [2.05, 4.69) is 4.98 Å². The van der Waals surface area contributed by atoms with Crippen LogP contribution in [0.5, 0.6) is 11.5 Å². The molecule has 2 aromatic heterocycles. The first-order valence-corrected chi connectivity index (χ1v) is 13.5. The molecule has 0 spiro atoms. The molecule has 7 nitrogen and oxygen atoms in total. The number of pyridine rings is 1. The first kappa shape index (κ1) is 26.8. The lowest BCUT2D eigenvalue weighted by Gasteiger charge is -2.21. The van der Waals surface area contributed by atoms with Gasteiger partial charge >= 0.3 is 6.18 Å². The molecule has 4 aromatic rings. The maximum Gasteiger partial charge on any atom is 0.433 e. The Hall–Kier alpha value is -3.77. The van der Waals surface area contributed by atoms with E-state index in [4.69, 9.17) is 9.15 Å². The van der Waals surface area contributed by atoms with Gasteiger partial charge in [-0.05, 0) is 61.2 Å². The zero-order valence-corrected chi connectivity index (χ0v) is 21.1. The molecular formula is C27H22F4N2O5S. The zero-order chi connectivity index (χ0) is 27.8. The third-order valence-electron chi connectivity index (χ3n) is 6.44. The summed E-state index contributed by atoms with van der Waals surface area (Å²) in [5.74, 6) is -0.468. The number of carbonyl (C=O) groups is 1. The van der Waals surface area contributed by atoms with Crippen LogP contribution in [0.2, 0.25) is 0 Å². The quantitative estimate of drug-likeness (QED) is 0.240. The van der Waals surface area contributed by atoms with E-state index < -0.39 is 33.8 Å². The Labute approximate surface area is 221 Å². The molecule has 1 aliphatic heterocycles. The number of Topliss-reactive ketones (excluding diaryl/α,β-unsaturated/α-hetero) is 1. The standard InChI is InChI=1S/C27H22F4N2O5S/c28-19-6-10-24-18(14-19)15-26(38-24)39(35,36)33-13-1-2-22(33)23(34)9-5-17-3-7-20(8-4-17)37-21-11-12-32-25(16-21)27(29,30)31/h3-4,6-8,10-12,14-16,22H,1-2,5,9,13H2/t22-/m0/s1. The molecular weight excluding hydrogens is 540 g/mol. The molecule has 1 aliphatic rings. The fourth-order valence-electron chi connectivity index (χ4n) is 4.51. The Bertz CT molecular complexity index is 1620. The fraction of sp³-hybridized carbons (Fsp3) is 0.259. The van der Waals surface area contributed by atoms with Gasteiger partial charge in [-0.1, -0.05) is 12.1 Å². The van der Waals surface area contributed by atoms with Crippen molar-refractivity contribution < 1.29 is 39.9 Å². The van der Waals surface area contributed by atoms with Crippen LogP contribution in [0, 0.1) is 5.82 Å². The maximum absolute atomic E-state index is 13.5. The fourth-order valence-corrected chi connectivity index (χ4v) is 6.14. The van der Waals surface area contributed by atoms with Gasteiger partial charge in [0.1, 0.15) is 28.6 Å². The Kier molecular flexibility index (Phi) is 7.17. The van der Waals surface area contributed by atoms with Crippen molar-refractivity contribution in [2.75, 3.05) is 6.54 Å². The van der Waals surface area contributed by atoms with E-state index in [0.29, 0.717) is 30.4 Å². The van der Waals surface area contributed by atoms with Gasteiger partial charge in [0.25, 0.3) is 10.0 Å². The summed E-state index contributed by atoms with van der Waals surface area (Å²) >= 11 is 0. The number of sulfonamides is 1. The summed E-state index contributed by atoms with van der Waals surface area (Å²) in [6.45, 7) is 0.168. The summed E-state index contributed by atoms with van der Waals surface area (Å²) in [5.41, 5.74) is -0.0605. The van der Waals surface area contributed by atoms with Gasteiger partial charge in [-0.2, -0.15) is 17.5 Å². The van der Waals surface area contributed by atoms with Gasteiger partial charge in [0.15, 0.2) is 5.78 Å². The van der Waals surface area contributed by atoms with Crippen LogP contribution in [0.3, 0.4) is 0 Å². The lowest BCUT2D eigenvalue weighted by molar-refractivity contribution is -0.141. The van der Waals surface area contributed by atoms with Crippen LogP contribution >= 0.6 is 0 Å². The van der Waals surface area contributed by atoms with E-state index >= 15 is 0 Å². The highest BCUT2D eigenvalue weighted by Gasteiger charge is 2.40. The SMILES string of the molecule is O=C(CCc1ccc(Oc2ccnc(C(F)(F)F)c2)cc1)[C@@H]1CCCN1S(=O)(=O)c1cc2cc(F)ccc2o1. The second-order valence-electron chi connectivity index (χ2n) is 9.11. The minimum absolute atomic E-state index is 0.0163. The van der Waals surface area contributed by atoms with E-state index in [1.54, 1.807) is 24.3 Å². The lowest BCUT2D eigenvalue weighted by Crippen LogP contribution is -2.40. The number of carbonyl (C=O) groups excluding carboxylic acids is 1. The summed E-state index contributed by atoms with van der Waals surface area (Å²) < 4.78 is 90.7. The van der Waals surface area contributed by atoms with Crippen molar-refractivity contribution in [3.63, 3.8) is 0 Å². The normalized spacial score (nSPS) is 16.6. The molecule has 0 amide bonds. The second kappa shape index (κ2) is 10.4. The van der Waals surface area contributed by atoms with E-state index in [1.165, 1.54) is 30.3 Å². The van der Waals surface area contributed by atoms with Crippen LogP contribution in [0.4, 0.5) is 17.6 Å². The molecule has 3 heterocycles. The first-order chi connectivity index (χ1) is 18.5. The number of hydrogen-bond donors (Lipinski definition) is 0. The highest BCUT2D eigenvalue weighted by molar-refractivity contribution is 7.89. The maximum atomic E-state index is 13.5. The van der Waals surface area contributed by atoms with Gasteiger partial charge in [-0.15, -0.1) is 0 Å². The molecule has 2 aromatic carbocycles. The Morgan fingerprint density at radius 2 is 1.82 bits per heavy atom. The molecule has 1 fully saturated rings. The van der Waals surface area contributed by atoms with E-state index in [1.807, 2.05) is 0 Å². The number of furan rings is 1. The van der Waals surface area contributed by atoms with Crippen molar-refractivity contribution >= 4 is 26.8 Å². The number of benzene rings is 2. The van der Waals surface area contributed by atoms with Crippen molar-refractivity contribution in [1.29, 1.82) is 0 Å². The van der Waals surface area contributed by atoms with Crippen LogP contribution in [0.15, 0.2) is 76.4 Å². The number of rotatable bonds is 8. The first-order valence-electron chi connectivity index (χ1n) is 12.0. The van der Waals surface area contributed by atoms with Crippen LogP contribution < -0.4 is 4.74 Å². The minimum Gasteiger partial charge on any atom is -0.457 e. The number of nitrogens with zero attached hydrogens (tertiary/aromatic N) is 2. The third-order valence-corrected chi connectivity index (χ3v) is 8.20. The molecule has 0 aliphatic carbocycles. The molecule has 39 heavy (non-hydrogen) atoms. The Morgan fingerprint density at radius 3 is 2.56 bits per heavy atom. The molecule has 5 rings (SSSR count). The van der Waals surface area contributed by atoms with Crippen LogP contribution in [0.25, 0.3) is 11.0 Å². The number of aryl methyl sites for hydroxylation is 1. The van der Waals surface area contributed by atoms with Gasteiger partial charge < -0.3 is 9.15 Å². The third kappa shape index (κ3) is 5.81. The van der Waals surface area contributed by atoms with Crippen molar-refractivity contribution in [2.45, 2.75) is 43.0 Å². The van der Waals surface area contributed by atoms with Gasteiger partial charge in [0.05, 0.1) is 6.04 Å². The lowest BCUT2D eigenvalue weighted by atomic mass is 10.0. The highest BCUT2D eigenvalue weighted by atomic mass is 32.2. The number of fused-ring (bicyclic) bond motifs is 1. The minimum atomic E-state index is -4.59. The summed E-state index contributed by atoms with van der Waals surface area (Å²) in [4.78, 5) is 16.3. The topological polar surface area (TPSA) is 89.7 Å². The van der Waals surface area contributed by atoms with Gasteiger partial charge in [-0.3, -0.25) is 9.78 Å². The van der Waals surface area contributed by atoms with Crippen LogP contribution in [-0.2, 0) is 27.4 Å². The van der Waals surface area contributed by atoms with Crippen LogP contribution in [-0.4, -0.2) is 36.1 Å². The van der Waals surface area contributed by atoms with E-state index in [9.17, 15) is 30.8 Å². The smallest absolute Gasteiger partial charge is 0.433 e.